The van der Waals surface area contributed by atoms with E-state index in [1.54, 1.807) is 42.9 Å². The molecule has 2 aromatic carbocycles. The molecule has 13 rings (SSSR count). The first-order valence-electron chi connectivity index (χ1n) is 47.5. The summed E-state index contributed by atoms with van der Waals surface area (Å²) in [6.07, 6.45) is 30.8. The van der Waals surface area contributed by atoms with Gasteiger partial charge < -0.3 is 84.5 Å². The number of nitrogens with zero attached hydrogens (tertiary/aromatic N) is 15. The largest absolute Gasteiger partial charge is 0.465 e. The number of Topliss-reactive ketones (excluding diaryl/α,β-unsaturated/α-hetero) is 2. The number of aliphatic hydroxyl groups is 1. The van der Waals surface area contributed by atoms with Crippen LogP contribution in [0.4, 0.5) is 28.5 Å². The zero-order chi connectivity index (χ0) is 93.7. The highest BCUT2D eigenvalue weighted by Crippen LogP contribution is 2.36. The summed E-state index contributed by atoms with van der Waals surface area (Å²) >= 11 is 0. The second-order valence-electron chi connectivity index (χ2n) is 36.3. The number of benzene rings is 2. The van der Waals surface area contributed by atoms with E-state index in [0.717, 1.165) is 137 Å². The van der Waals surface area contributed by atoms with Crippen molar-refractivity contribution in [2.24, 2.45) is 23.7 Å². The summed E-state index contributed by atoms with van der Waals surface area (Å²) in [6, 6.07) is 11.9. The van der Waals surface area contributed by atoms with Crippen molar-refractivity contribution in [1.82, 2.24) is 74.9 Å². The number of piperidine rings is 1. The molecule has 716 valence electrons. The number of methoxy groups -OCH3 is 1. The molecular formula is C98H133N19O16. The van der Waals surface area contributed by atoms with E-state index in [-0.39, 0.29) is 117 Å². The fourth-order valence-electron chi connectivity index (χ4n) is 18.5. The molecule has 0 bridgehead atoms. The van der Waals surface area contributed by atoms with Gasteiger partial charge in [-0.15, -0.1) is 0 Å². The van der Waals surface area contributed by atoms with Gasteiger partial charge in [0.05, 0.1) is 68.7 Å². The standard InChI is InChI=1S/C98H133N19O16/c1-65(14-9-7-10-15-67(3)85(127-6)54-79-16-13-17-84(131-79)90(123)94(125)113-34-11-8-12-35-113)50-68(4)81(119)55-82(120)69(5)51-66(2)18-25-77(130-64-118)26-20-70-21-27-78(28-22-70)132-98(126)101-33-48-128-46-31-86(121)102-56-72-57-103-96(104-58-72)115-43-41-112(42-44-115)87(122)32-47-129-49-45-111-37-39-114(40-38-111)97-105-59-76(60-106-97)93(124)116-36-30-73-52-71(19-23-75(73)62-116)61-117-92-88(91(99)107-63-108-92)89(110-117)74-24-29-83-80(53-74)109-95(100)133-83/h7,9-10,14-15,19,23-24,29,51-53,57-60,63-66,68,70,77-79,82,84-85,120H,8,11-13,16-18,20-22,25-28,30-50,54-56,61-62H2,1-6H3,(H2,100,109)(H,101,126)(H,102,121)(H2,99,107,108)/b10-7+,14-9+,67-15+,69-51+/t65-,66+,68-,70-,77+,78-,79?,82+,84?,85+/m1/s1. The number of fused-ring (bicyclic) bond motifs is 3. The molecule has 1 saturated carbocycles. The van der Waals surface area contributed by atoms with E-state index >= 15 is 0 Å². The molecule has 133 heavy (non-hydrogen) atoms. The molecule has 0 spiro atoms. The second kappa shape index (κ2) is 49.5. The number of likely N-dealkylation sites (tertiary alicyclic amines) is 1. The van der Waals surface area contributed by atoms with Gasteiger partial charge in [-0.3, -0.25) is 38.5 Å². The van der Waals surface area contributed by atoms with Crippen LogP contribution < -0.4 is 31.9 Å². The monoisotopic (exact) mass is 1830 g/mol. The summed E-state index contributed by atoms with van der Waals surface area (Å²) in [5.74, 6) is 0.723. The van der Waals surface area contributed by atoms with Gasteiger partial charge in [0.1, 0.15) is 47.5 Å². The Morgan fingerprint density at radius 3 is 2.18 bits per heavy atom. The Morgan fingerprint density at radius 1 is 0.692 bits per heavy atom. The minimum absolute atomic E-state index is 0.00721. The maximum absolute atomic E-state index is 13.8. The lowest BCUT2D eigenvalue weighted by Gasteiger charge is -2.35. The highest BCUT2D eigenvalue weighted by atomic mass is 16.6. The van der Waals surface area contributed by atoms with Crippen LogP contribution in [0.2, 0.25) is 0 Å². The molecule has 8 atom stereocenters. The Bertz CT molecular complexity index is 5170. The average molecular weight is 1830 g/mol. The summed E-state index contributed by atoms with van der Waals surface area (Å²) in [6.45, 7) is 20.8. The van der Waals surface area contributed by atoms with Gasteiger partial charge in [-0.2, -0.15) is 10.1 Å². The van der Waals surface area contributed by atoms with Gasteiger partial charge in [0.25, 0.3) is 24.3 Å². The number of hydrogen-bond donors (Lipinski definition) is 5. The minimum atomic E-state index is -0.894. The number of carbonyl (C=O) groups excluding carboxylic acids is 8. The number of aliphatic hydroxyl groups excluding tert-OH is 1. The topological polar surface area (TPSA) is 429 Å². The number of hydrogen-bond acceptors (Lipinski definition) is 29. The third-order valence-electron chi connectivity index (χ3n) is 26.5. The molecular weight excluding hydrogens is 1700 g/mol. The van der Waals surface area contributed by atoms with Crippen LogP contribution in [-0.4, -0.2) is 272 Å². The third kappa shape index (κ3) is 28.8. The first-order chi connectivity index (χ1) is 64.5. The molecule has 10 heterocycles. The zero-order valence-corrected chi connectivity index (χ0v) is 77.9. The molecule has 6 aliphatic rings. The molecule has 5 aliphatic heterocycles. The van der Waals surface area contributed by atoms with Crippen LogP contribution in [0.3, 0.4) is 0 Å². The number of piperazine rings is 2. The van der Waals surface area contributed by atoms with E-state index in [1.807, 2.05) is 82.7 Å². The molecule has 5 aromatic heterocycles. The van der Waals surface area contributed by atoms with E-state index in [9.17, 15) is 43.5 Å². The van der Waals surface area contributed by atoms with Crippen LogP contribution in [0.5, 0.6) is 0 Å². The number of ketones is 2. The van der Waals surface area contributed by atoms with Gasteiger partial charge in [0.2, 0.25) is 29.5 Å². The van der Waals surface area contributed by atoms with Crippen LogP contribution >= 0.6 is 0 Å². The lowest BCUT2D eigenvalue weighted by molar-refractivity contribution is -0.157. The summed E-state index contributed by atoms with van der Waals surface area (Å²) < 4.78 is 42.2. The molecule has 2 unspecified atom stereocenters. The maximum atomic E-state index is 13.8. The van der Waals surface area contributed by atoms with Crippen LogP contribution in [-0.2, 0) is 83.2 Å². The first kappa shape index (κ1) is 99.0. The van der Waals surface area contributed by atoms with Crippen molar-refractivity contribution in [3.63, 3.8) is 0 Å². The van der Waals surface area contributed by atoms with Crippen molar-refractivity contribution in [2.45, 2.75) is 219 Å². The Morgan fingerprint density at radius 2 is 1.43 bits per heavy atom. The van der Waals surface area contributed by atoms with E-state index in [0.29, 0.717) is 174 Å². The second-order valence-corrected chi connectivity index (χ2v) is 36.3. The van der Waals surface area contributed by atoms with Gasteiger partial charge in [0.15, 0.2) is 11.2 Å². The quantitative estimate of drug-likeness (QED) is 0.00778. The predicted octanol–water partition coefficient (Wildman–Crippen LogP) is 10.5. The molecule has 5 amide bonds. The fraction of sp³-hybridized carbons (Fsp3) is 0.571. The van der Waals surface area contributed by atoms with Crippen LogP contribution in [0.15, 0.2) is 120 Å². The molecule has 7 aromatic rings. The molecule has 1 aliphatic carbocycles. The third-order valence-corrected chi connectivity index (χ3v) is 26.5. The predicted molar refractivity (Wildman–Crippen MR) is 502 cm³/mol. The summed E-state index contributed by atoms with van der Waals surface area (Å²) in [4.78, 5) is 147. The average Bonchev–Trinajstić information content (AvgIpc) is 1.61. The van der Waals surface area contributed by atoms with Crippen molar-refractivity contribution in [2.75, 3.05) is 140 Å². The first-order valence-corrected chi connectivity index (χ1v) is 47.5. The SMILES string of the molecule is CO[C@@H](CC1CCCC(C(=O)C(=O)N2CCCCC2)O1)/C(C)=C/C=C/C=C/[C@@H](C)C[C@@H](C)C(=O)C[C@H](O)/C(C)=C/[C@@H](C)CC[C@@H](CC[C@H]1CC[C@H](OC(=O)NCCOCCC(=O)NCc2cnc(N3CCN(C(=O)CCOCCN4CCN(c5ncc(C(=O)N6CCc7cc(Cn8nc(-c9ccc%10oc(N)nc%10c9)c9c(N)ncnc98)ccc7C6)cn5)CC4)CC3)nc2)CC1)OC=O. The molecule has 7 N–H and O–H groups in total. The number of ether oxygens (including phenoxy) is 6. The smallest absolute Gasteiger partial charge is 0.407 e. The molecule has 35 nitrogen and oxygen atoms in total. The summed E-state index contributed by atoms with van der Waals surface area (Å²) in [7, 11) is 1.67. The number of rotatable bonds is 45. The summed E-state index contributed by atoms with van der Waals surface area (Å²) in [5.41, 5.74) is 21.6. The maximum Gasteiger partial charge on any atom is 0.407 e. The van der Waals surface area contributed by atoms with Crippen LogP contribution in [0.25, 0.3) is 33.4 Å². The number of allylic oxidation sites excluding steroid dienone is 6. The fourth-order valence-corrected chi connectivity index (χ4v) is 18.5. The van der Waals surface area contributed by atoms with E-state index in [1.165, 1.54) is 11.9 Å². The van der Waals surface area contributed by atoms with Crippen molar-refractivity contribution in [3.05, 3.63) is 143 Å². The number of nitrogens with one attached hydrogen (secondary N) is 2. The number of aromatic nitrogens is 9. The van der Waals surface area contributed by atoms with Crippen LogP contribution in [0.1, 0.15) is 189 Å². The minimum Gasteiger partial charge on any atom is -0.465 e. The van der Waals surface area contributed by atoms with Crippen molar-refractivity contribution < 1.29 is 76.3 Å². The Hall–Kier alpha value is -11.5. The lowest BCUT2D eigenvalue weighted by Crippen LogP contribution is -2.49. The van der Waals surface area contributed by atoms with Crippen LogP contribution in [0, 0.1) is 23.7 Å². The number of oxazole rings is 1. The highest BCUT2D eigenvalue weighted by Gasteiger charge is 2.37. The number of alkyl carbamates (subject to hydrolysis) is 1. The number of nitrogens with two attached hydrogens (primary N) is 2. The van der Waals surface area contributed by atoms with Crippen molar-refractivity contribution >= 4 is 93.6 Å². The molecule has 35 heteroatoms. The Kier molecular flexibility index (Phi) is 36.8. The van der Waals surface area contributed by atoms with Gasteiger partial charge >= 0.3 is 6.09 Å². The number of anilines is 4. The lowest BCUT2D eigenvalue weighted by atomic mass is 9.83. The number of nitrogen functional groups attached to an aromatic ring is 2. The number of amides is 5. The van der Waals surface area contributed by atoms with E-state index in [4.69, 9.17) is 49.4 Å². The Labute approximate surface area is 778 Å². The Balaban J connectivity index is 0.416. The van der Waals surface area contributed by atoms with Crippen molar-refractivity contribution in [3.8, 4) is 11.3 Å². The normalized spacial score (nSPS) is 19.8. The van der Waals surface area contributed by atoms with Gasteiger partial charge in [-0.05, 0) is 180 Å². The van der Waals surface area contributed by atoms with Gasteiger partial charge in [0, 0.05) is 166 Å². The van der Waals surface area contributed by atoms with Gasteiger partial charge in [-0.1, -0.05) is 75.4 Å². The van der Waals surface area contributed by atoms with E-state index in [2.05, 4.69) is 93.4 Å². The molecule has 0 radical (unpaired) electrons. The van der Waals surface area contributed by atoms with Crippen molar-refractivity contribution in [1.29, 1.82) is 0 Å². The van der Waals surface area contributed by atoms with Gasteiger partial charge in [-0.25, -0.2) is 39.4 Å². The molecule has 5 fully saturated rings. The number of carbonyl (C=O) groups is 8. The summed E-state index contributed by atoms with van der Waals surface area (Å²) in [5, 5.41) is 22.4. The molecule has 4 saturated heterocycles. The highest BCUT2D eigenvalue weighted by molar-refractivity contribution is 6.37. The zero-order valence-electron chi connectivity index (χ0n) is 77.9. The van der Waals surface area contributed by atoms with E-state index < -0.39 is 30.0 Å².